The molecule has 1 aromatic heterocycles. The van der Waals surface area contributed by atoms with Gasteiger partial charge in [-0.1, -0.05) is 12.1 Å². The number of piperazine rings is 1. The first-order valence-electron chi connectivity index (χ1n) is 7.82. The van der Waals surface area contributed by atoms with Gasteiger partial charge in [0, 0.05) is 37.9 Å². The minimum atomic E-state index is -3.48. The molecule has 0 aliphatic carbocycles. The maximum Gasteiger partial charge on any atom is 0.242 e. The van der Waals surface area contributed by atoms with Crippen molar-refractivity contribution in [1.29, 1.82) is 0 Å². The minimum Gasteiger partial charge on any atom is -0.367 e. The molecule has 1 saturated heterocycles. The lowest BCUT2D eigenvalue weighted by Gasteiger charge is -2.37. The second-order valence-corrected chi connectivity index (χ2v) is 7.52. The highest BCUT2D eigenvalue weighted by Crippen LogP contribution is 2.26. The highest BCUT2D eigenvalue weighted by Gasteiger charge is 2.24. The third-order valence-corrected chi connectivity index (χ3v) is 5.62. The highest BCUT2D eigenvalue weighted by atomic mass is 32.2. The fourth-order valence-corrected chi connectivity index (χ4v) is 3.80. The predicted octanol–water partition coefficient (Wildman–Crippen LogP) is 1.02. The summed E-state index contributed by atoms with van der Waals surface area (Å²) >= 11 is 0. The SMILES string of the molecule is CNS(=O)(=O)c1ccccc1N1CCN(c2cc(C)ncn2)CC1. The molecular weight excluding hydrogens is 326 g/mol. The number of aromatic nitrogens is 2. The number of nitrogens with zero attached hydrogens (tertiary/aromatic N) is 4. The van der Waals surface area contributed by atoms with Gasteiger partial charge in [-0.25, -0.2) is 23.1 Å². The molecule has 0 amide bonds. The summed E-state index contributed by atoms with van der Waals surface area (Å²) in [4.78, 5) is 13.1. The first-order chi connectivity index (χ1) is 11.5. The average molecular weight is 347 g/mol. The van der Waals surface area contributed by atoms with Crippen LogP contribution in [0.3, 0.4) is 0 Å². The van der Waals surface area contributed by atoms with E-state index in [2.05, 4.69) is 24.5 Å². The van der Waals surface area contributed by atoms with Crippen LogP contribution < -0.4 is 14.5 Å². The van der Waals surface area contributed by atoms with E-state index in [0.29, 0.717) is 4.90 Å². The van der Waals surface area contributed by atoms with E-state index in [1.807, 2.05) is 25.1 Å². The second kappa shape index (κ2) is 6.74. The van der Waals surface area contributed by atoms with Gasteiger partial charge in [0.05, 0.1) is 5.69 Å². The van der Waals surface area contributed by atoms with Crippen molar-refractivity contribution in [3.63, 3.8) is 0 Å². The summed E-state index contributed by atoms with van der Waals surface area (Å²) in [6, 6.07) is 9.07. The maximum absolute atomic E-state index is 12.2. The molecular formula is C16H21N5O2S. The van der Waals surface area contributed by atoms with Crippen LogP contribution >= 0.6 is 0 Å². The summed E-state index contributed by atoms with van der Waals surface area (Å²) < 4.78 is 26.8. The van der Waals surface area contributed by atoms with E-state index in [9.17, 15) is 8.42 Å². The number of sulfonamides is 1. The van der Waals surface area contributed by atoms with Gasteiger partial charge in [-0.3, -0.25) is 0 Å². The summed E-state index contributed by atoms with van der Waals surface area (Å²) in [7, 11) is -2.04. The summed E-state index contributed by atoms with van der Waals surface area (Å²) in [5.74, 6) is 0.915. The average Bonchev–Trinajstić information content (AvgIpc) is 2.62. The number of hydrogen-bond donors (Lipinski definition) is 1. The smallest absolute Gasteiger partial charge is 0.242 e. The molecule has 1 aromatic carbocycles. The van der Waals surface area contributed by atoms with Crippen molar-refractivity contribution in [3.05, 3.63) is 42.4 Å². The molecule has 2 aromatic rings. The molecule has 2 heterocycles. The number of rotatable bonds is 4. The van der Waals surface area contributed by atoms with Gasteiger partial charge in [-0.2, -0.15) is 0 Å². The van der Waals surface area contributed by atoms with Gasteiger partial charge in [0.15, 0.2) is 0 Å². The van der Waals surface area contributed by atoms with Gasteiger partial charge >= 0.3 is 0 Å². The van der Waals surface area contributed by atoms with Crippen LogP contribution in [0.5, 0.6) is 0 Å². The minimum absolute atomic E-state index is 0.318. The number of para-hydroxylation sites is 1. The Morgan fingerprint density at radius 2 is 1.71 bits per heavy atom. The Morgan fingerprint density at radius 1 is 1.04 bits per heavy atom. The molecule has 0 radical (unpaired) electrons. The van der Waals surface area contributed by atoms with Crippen LogP contribution in [0.25, 0.3) is 0 Å². The summed E-state index contributed by atoms with van der Waals surface area (Å²) in [6.45, 7) is 4.98. The van der Waals surface area contributed by atoms with E-state index in [1.54, 1.807) is 18.5 Å². The van der Waals surface area contributed by atoms with Crippen LogP contribution in [0.4, 0.5) is 11.5 Å². The molecule has 7 nitrogen and oxygen atoms in total. The Balaban J connectivity index is 1.78. The molecule has 128 valence electrons. The van der Waals surface area contributed by atoms with Crippen LogP contribution in [0.1, 0.15) is 5.69 Å². The van der Waals surface area contributed by atoms with Gasteiger partial charge in [-0.15, -0.1) is 0 Å². The van der Waals surface area contributed by atoms with Gasteiger partial charge < -0.3 is 9.80 Å². The Kier molecular flexibility index (Phi) is 4.68. The molecule has 1 aliphatic rings. The zero-order chi connectivity index (χ0) is 17.2. The van der Waals surface area contributed by atoms with Crippen molar-refractivity contribution in [2.24, 2.45) is 0 Å². The van der Waals surface area contributed by atoms with Crippen LogP contribution in [0, 0.1) is 6.92 Å². The lowest BCUT2D eigenvalue weighted by molar-refractivity contribution is 0.586. The lowest BCUT2D eigenvalue weighted by atomic mass is 10.2. The topological polar surface area (TPSA) is 78.4 Å². The molecule has 1 N–H and O–H groups in total. The van der Waals surface area contributed by atoms with Gasteiger partial charge in [0.1, 0.15) is 17.0 Å². The van der Waals surface area contributed by atoms with Crippen molar-refractivity contribution < 1.29 is 8.42 Å². The Labute approximate surface area is 142 Å². The number of aryl methyl sites for hydroxylation is 1. The van der Waals surface area contributed by atoms with E-state index in [-0.39, 0.29) is 0 Å². The quantitative estimate of drug-likeness (QED) is 0.890. The van der Waals surface area contributed by atoms with Crippen LogP contribution in [-0.2, 0) is 10.0 Å². The van der Waals surface area contributed by atoms with Gasteiger partial charge in [-0.05, 0) is 26.1 Å². The molecule has 1 aliphatic heterocycles. The third-order valence-electron chi connectivity index (χ3n) is 4.16. The zero-order valence-electron chi connectivity index (χ0n) is 13.8. The molecule has 24 heavy (non-hydrogen) atoms. The third kappa shape index (κ3) is 3.34. The van der Waals surface area contributed by atoms with Crippen LogP contribution in [0.2, 0.25) is 0 Å². The van der Waals surface area contributed by atoms with Crippen molar-refractivity contribution >= 4 is 21.5 Å². The first-order valence-corrected chi connectivity index (χ1v) is 9.31. The molecule has 0 atom stereocenters. The Hall–Kier alpha value is -2.19. The van der Waals surface area contributed by atoms with E-state index in [4.69, 9.17) is 0 Å². The maximum atomic E-state index is 12.2. The standard InChI is InChI=1S/C16H21N5O2S/c1-13-11-16(19-12-18-13)21-9-7-20(8-10-21)14-5-3-4-6-15(14)24(22,23)17-2/h3-6,11-12,17H,7-10H2,1-2H3. The number of nitrogens with one attached hydrogen (secondary N) is 1. The summed E-state index contributed by atoms with van der Waals surface area (Å²) in [5, 5.41) is 0. The Morgan fingerprint density at radius 3 is 2.38 bits per heavy atom. The molecule has 0 spiro atoms. The number of hydrogen-bond acceptors (Lipinski definition) is 6. The van der Waals surface area contributed by atoms with Crippen molar-refractivity contribution in [2.75, 3.05) is 43.0 Å². The van der Waals surface area contributed by atoms with E-state index in [1.165, 1.54) is 7.05 Å². The number of benzene rings is 1. The van der Waals surface area contributed by atoms with Crippen LogP contribution in [-0.4, -0.2) is 51.6 Å². The lowest BCUT2D eigenvalue weighted by Crippen LogP contribution is -2.47. The molecule has 0 bridgehead atoms. The van der Waals surface area contributed by atoms with E-state index in [0.717, 1.165) is 43.4 Å². The summed E-state index contributed by atoms with van der Waals surface area (Å²) in [5.41, 5.74) is 1.68. The molecule has 0 saturated carbocycles. The van der Waals surface area contributed by atoms with Gasteiger partial charge in [0.2, 0.25) is 10.0 Å². The monoisotopic (exact) mass is 347 g/mol. The molecule has 1 fully saturated rings. The van der Waals surface area contributed by atoms with Crippen molar-refractivity contribution in [3.8, 4) is 0 Å². The zero-order valence-corrected chi connectivity index (χ0v) is 14.6. The first kappa shape index (κ1) is 16.7. The van der Waals surface area contributed by atoms with Crippen LogP contribution in [0.15, 0.2) is 41.6 Å². The number of anilines is 2. The van der Waals surface area contributed by atoms with Crippen molar-refractivity contribution in [1.82, 2.24) is 14.7 Å². The van der Waals surface area contributed by atoms with Gasteiger partial charge in [0.25, 0.3) is 0 Å². The normalized spacial score (nSPS) is 15.6. The van der Waals surface area contributed by atoms with E-state index >= 15 is 0 Å². The molecule has 8 heteroatoms. The molecule has 0 unspecified atom stereocenters. The summed E-state index contributed by atoms with van der Waals surface area (Å²) in [6.07, 6.45) is 1.58. The fraction of sp³-hybridized carbons (Fsp3) is 0.375. The fourth-order valence-electron chi connectivity index (χ4n) is 2.85. The van der Waals surface area contributed by atoms with E-state index < -0.39 is 10.0 Å². The second-order valence-electron chi connectivity index (χ2n) is 5.67. The highest BCUT2D eigenvalue weighted by molar-refractivity contribution is 7.89. The molecule has 3 rings (SSSR count). The van der Waals surface area contributed by atoms with Crippen molar-refractivity contribution in [2.45, 2.75) is 11.8 Å². The largest absolute Gasteiger partial charge is 0.367 e. The Bertz CT molecular complexity index is 817. The predicted molar refractivity (Wildman–Crippen MR) is 93.9 cm³/mol.